The van der Waals surface area contributed by atoms with Gasteiger partial charge in [0.25, 0.3) is 0 Å². The third-order valence-electron chi connectivity index (χ3n) is 8.22. The van der Waals surface area contributed by atoms with Gasteiger partial charge in [0, 0.05) is 54.2 Å². The third kappa shape index (κ3) is 5.13. The third-order valence-corrected chi connectivity index (χ3v) is 8.22. The Morgan fingerprint density at radius 1 is 1.08 bits per heavy atom. The molecule has 3 heterocycles. The van der Waals surface area contributed by atoms with Crippen molar-refractivity contribution in [1.82, 2.24) is 19.6 Å². The lowest BCUT2D eigenvalue weighted by Gasteiger charge is -2.20. The highest BCUT2D eigenvalue weighted by Crippen LogP contribution is 2.37. The van der Waals surface area contributed by atoms with Crippen LogP contribution in [0.4, 0.5) is 5.82 Å². The van der Waals surface area contributed by atoms with E-state index < -0.39 is 0 Å². The second-order valence-corrected chi connectivity index (χ2v) is 10.9. The number of nitrogens with zero attached hydrogens (tertiary/aromatic N) is 4. The van der Waals surface area contributed by atoms with E-state index in [1.807, 2.05) is 29.0 Å². The van der Waals surface area contributed by atoms with Crippen LogP contribution in [0.3, 0.4) is 0 Å². The predicted octanol–water partition coefficient (Wildman–Crippen LogP) is 6.70. The Balaban J connectivity index is 1.16. The number of benzene rings is 1. The van der Waals surface area contributed by atoms with Crippen molar-refractivity contribution in [3.05, 3.63) is 95.1 Å². The molecule has 6 rings (SSSR count). The number of allylic oxidation sites excluding steroid dienone is 2. The van der Waals surface area contributed by atoms with Gasteiger partial charge >= 0.3 is 0 Å². The first-order valence-corrected chi connectivity index (χ1v) is 14.0. The second kappa shape index (κ2) is 10.9. The smallest absolute Gasteiger partial charge is 0.163 e. The number of fused-ring (bicyclic) bond motifs is 2. The lowest BCUT2D eigenvalue weighted by Crippen LogP contribution is -2.13. The fraction of sp³-hybridized carbons (Fsp3) is 0.375. The summed E-state index contributed by atoms with van der Waals surface area (Å²) in [7, 11) is 0. The summed E-state index contributed by atoms with van der Waals surface area (Å²) >= 11 is 0. The quantitative estimate of drug-likeness (QED) is 0.283. The van der Waals surface area contributed by atoms with Crippen LogP contribution in [0, 0.1) is 12.8 Å². The topological polar surface area (TPSA) is 72.2 Å². The van der Waals surface area contributed by atoms with Crippen molar-refractivity contribution in [1.29, 1.82) is 0 Å². The molecule has 4 aromatic rings. The molecule has 0 amide bonds. The maximum Gasteiger partial charge on any atom is 0.163 e. The van der Waals surface area contributed by atoms with Crippen LogP contribution in [0.5, 0.6) is 0 Å². The number of hydrogen-bond donors (Lipinski definition) is 1. The molecular weight excluding hydrogens is 470 g/mol. The molecule has 3 aromatic heterocycles. The second-order valence-electron chi connectivity index (χ2n) is 10.9. The van der Waals surface area contributed by atoms with Gasteiger partial charge in [0.2, 0.25) is 0 Å². The average molecular weight is 506 g/mol. The van der Waals surface area contributed by atoms with Gasteiger partial charge in [-0.15, -0.1) is 0 Å². The molecule has 1 saturated carbocycles. The Hall–Kier alpha value is -3.80. The number of aryl methyl sites for hydroxylation is 2. The monoisotopic (exact) mass is 505 g/mol. The molecule has 1 N–H and O–H groups in total. The van der Waals surface area contributed by atoms with Crippen molar-refractivity contribution in [2.24, 2.45) is 5.92 Å². The highest BCUT2D eigenvalue weighted by molar-refractivity contribution is 6.21. The van der Waals surface area contributed by atoms with E-state index in [9.17, 15) is 4.79 Å². The molecule has 0 aliphatic heterocycles. The number of nitrogens with one attached hydrogen (secondary N) is 1. The predicted molar refractivity (Wildman–Crippen MR) is 151 cm³/mol. The van der Waals surface area contributed by atoms with Crippen molar-refractivity contribution in [2.75, 3.05) is 5.32 Å². The Kier molecular flexibility index (Phi) is 7.04. The van der Waals surface area contributed by atoms with Gasteiger partial charge in [0.05, 0.1) is 6.20 Å². The lowest BCUT2D eigenvalue weighted by molar-refractivity contribution is -0.114. The van der Waals surface area contributed by atoms with Crippen LogP contribution in [0.25, 0.3) is 11.2 Å². The molecule has 1 aromatic carbocycles. The SMILES string of the molecule is Cc1cnn2c(NCc3cccnc3)cc(C3CCCC(CC(=O)C4=CCCc5ccccc54)CC3)nc12. The Morgan fingerprint density at radius 2 is 2.00 bits per heavy atom. The number of carbonyl (C=O) groups excluding carboxylic acids is 1. The molecule has 38 heavy (non-hydrogen) atoms. The van der Waals surface area contributed by atoms with Crippen molar-refractivity contribution in [3.63, 3.8) is 0 Å². The summed E-state index contributed by atoms with van der Waals surface area (Å²) < 4.78 is 1.91. The maximum atomic E-state index is 13.4. The highest BCUT2D eigenvalue weighted by Gasteiger charge is 2.26. The first kappa shape index (κ1) is 24.5. The minimum absolute atomic E-state index is 0.317. The van der Waals surface area contributed by atoms with Crippen LogP contribution in [-0.2, 0) is 17.8 Å². The molecular formula is C32H35N5O. The van der Waals surface area contributed by atoms with E-state index in [2.05, 4.69) is 58.7 Å². The summed E-state index contributed by atoms with van der Waals surface area (Å²) in [6.45, 7) is 2.75. The molecule has 0 radical (unpaired) electrons. The van der Waals surface area contributed by atoms with Crippen LogP contribution in [0.15, 0.2) is 67.1 Å². The van der Waals surface area contributed by atoms with Crippen molar-refractivity contribution in [3.8, 4) is 0 Å². The molecule has 2 aliphatic carbocycles. The zero-order valence-electron chi connectivity index (χ0n) is 22.1. The van der Waals surface area contributed by atoms with Gasteiger partial charge in [0.15, 0.2) is 11.4 Å². The van der Waals surface area contributed by atoms with E-state index in [4.69, 9.17) is 4.98 Å². The molecule has 2 unspecified atom stereocenters. The number of ketones is 1. The Morgan fingerprint density at radius 3 is 2.89 bits per heavy atom. The number of Topliss-reactive ketones (excluding diaryl/α,β-unsaturated/α-hetero) is 1. The summed E-state index contributed by atoms with van der Waals surface area (Å²) in [4.78, 5) is 22.7. The normalized spacial score (nSPS) is 19.4. The Labute approximate surface area is 224 Å². The standard InChI is InChI=1S/C32H35N5O/c1-22-19-35-37-31(34-21-24-8-6-16-33-20-24)18-29(36-32(22)37)26-11-4-7-23(14-15-26)17-30(38)28-13-5-10-25-9-2-3-12-27(25)28/h2-3,6,8-9,12-13,16,18-20,23,26,34H,4-5,7,10-11,14-15,17,21H2,1H3. The maximum absolute atomic E-state index is 13.4. The molecule has 194 valence electrons. The van der Waals surface area contributed by atoms with Gasteiger partial charge in [-0.1, -0.05) is 42.8 Å². The number of pyridine rings is 1. The number of anilines is 1. The minimum Gasteiger partial charge on any atom is -0.366 e. The first-order valence-electron chi connectivity index (χ1n) is 14.0. The lowest BCUT2D eigenvalue weighted by atomic mass is 9.84. The summed E-state index contributed by atoms with van der Waals surface area (Å²) in [5.41, 5.74) is 7.65. The van der Waals surface area contributed by atoms with Crippen molar-refractivity contribution in [2.45, 2.75) is 70.8 Å². The van der Waals surface area contributed by atoms with Crippen LogP contribution < -0.4 is 5.32 Å². The molecule has 0 bridgehead atoms. The summed E-state index contributed by atoms with van der Waals surface area (Å²) in [5, 5.41) is 8.13. The van der Waals surface area contributed by atoms with Crippen LogP contribution >= 0.6 is 0 Å². The van der Waals surface area contributed by atoms with Gasteiger partial charge in [-0.05, 0) is 74.1 Å². The van der Waals surface area contributed by atoms with E-state index in [1.165, 1.54) is 5.56 Å². The summed E-state index contributed by atoms with van der Waals surface area (Å²) in [6.07, 6.45) is 15.8. The van der Waals surface area contributed by atoms with Gasteiger partial charge in [-0.2, -0.15) is 9.61 Å². The largest absolute Gasteiger partial charge is 0.366 e. The zero-order valence-corrected chi connectivity index (χ0v) is 22.1. The molecule has 6 nitrogen and oxygen atoms in total. The number of rotatable bonds is 7. The van der Waals surface area contributed by atoms with Crippen molar-refractivity contribution >= 4 is 22.8 Å². The minimum atomic E-state index is 0.317. The van der Waals surface area contributed by atoms with E-state index in [0.717, 1.165) is 84.4 Å². The van der Waals surface area contributed by atoms with Gasteiger partial charge in [0.1, 0.15) is 5.82 Å². The van der Waals surface area contributed by atoms with E-state index in [1.54, 1.807) is 6.20 Å². The van der Waals surface area contributed by atoms with E-state index >= 15 is 0 Å². The van der Waals surface area contributed by atoms with Crippen LogP contribution in [0.1, 0.15) is 78.8 Å². The average Bonchev–Trinajstić information content (AvgIpc) is 3.17. The summed E-state index contributed by atoms with van der Waals surface area (Å²) in [6, 6.07) is 14.6. The van der Waals surface area contributed by atoms with Crippen LogP contribution in [-0.4, -0.2) is 25.4 Å². The fourth-order valence-corrected chi connectivity index (χ4v) is 6.12. The van der Waals surface area contributed by atoms with Gasteiger partial charge in [-0.3, -0.25) is 9.78 Å². The number of carbonyl (C=O) groups is 1. The van der Waals surface area contributed by atoms with Crippen molar-refractivity contribution < 1.29 is 4.79 Å². The molecule has 0 spiro atoms. The first-order chi connectivity index (χ1) is 18.7. The molecule has 0 saturated heterocycles. The molecule has 1 fully saturated rings. The highest BCUT2D eigenvalue weighted by atomic mass is 16.1. The van der Waals surface area contributed by atoms with Crippen LogP contribution in [0.2, 0.25) is 0 Å². The van der Waals surface area contributed by atoms with Gasteiger partial charge in [-0.25, -0.2) is 4.98 Å². The van der Waals surface area contributed by atoms with Gasteiger partial charge < -0.3 is 5.32 Å². The summed E-state index contributed by atoms with van der Waals surface area (Å²) in [5.74, 6) is 2.10. The molecule has 6 heteroatoms. The zero-order chi connectivity index (χ0) is 25.9. The number of hydrogen-bond acceptors (Lipinski definition) is 5. The van der Waals surface area contributed by atoms with E-state index in [0.29, 0.717) is 30.6 Å². The fourth-order valence-electron chi connectivity index (χ4n) is 6.12. The molecule has 2 aliphatic rings. The number of aromatic nitrogens is 4. The van der Waals surface area contributed by atoms with E-state index in [-0.39, 0.29) is 0 Å². The molecule has 2 atom stereocenters. The Bertz CT molecular complexity index is 1470.